The van der Waals surface area contributed by atoms with E-state index in [1.54, 1.807) is 12.1 Å². The molecule has 1 aromatic heterocycles. The molecule has 8 heteroatoms. The Balaban J connectivity index is 1.56. The molecule has 1 aliphatic heterocycles. The molecule has 8 nitrogen and oxygen atoms in total. The number of aryl methyl sites for hydroxylation is 1. The number of likely N-dealkylation sites (N-methyl/N-ethyl adjacent to an activating group) is 1. The Bertz CT molecular complexity index is 1370. The molecule has 2 heterocycles. The molecule has 4 rings (SSSR count). The van der Waals surface area contributed by atoms with Gasteiger partial charge in [0, 0.05) is 28.8 Å². The summed E-state index contributed by atoms with van der Waals surface area (Å²) in [6.45, 7) is 0.274. The van der Waals surface area contributed by atoms with Gasteiger partial charge < -0.3 is 15.3 Å². The van der Waals surface area contributed by atoms with Gasteiger partial charge in [0.2, 0.25) is 11.7 Å². The highest BCUT2D eigenvalue weighted by Crippen LogP contribution is 2.27. The maximum atomic E-state index is 13.4. The van der Waals surface area contributed by atoms with Crippen molar-refractivity contribution in [3.05, 3.63) is 76.9 Å². The number of carbonyl (C=O) groups is 2. The second-order valence-corrected chi connectivity index (χ2v) is 8.66. The van der Waals surface area contributed by atoms with Crippen molar-refractivity contribution in [3.63, 3.8) is 0 Å². The van der Waals surface area contributed by atoms with Crippen LogP contribution in [0.4, 0.5) is 5.69 Å². The number of nitrogens with zero attached hydrogens (tertiary/aromatic N) is 3. The van der Waals surface area contributed by atoms with Crippen molar-refractivity contribution in [2.24, 2.45) is 0 Å². The van der Waals surface area contributed by atoms with Crippen molar-refractivity contribution in [1.29, 1.82) is 0 Å². The summed E-state index contributed by atoms with van der Waals surface area (Å²) in [7, 11) is 0. The summed E-state index contributed by atoms with van der Waals surface area (Å²) in [4.78, 5) is 31.3. The molecule has 3 aromatic rings. The highest BCUT2D eigenvalue weighted by atomic mass is 16.3. The van der Waals surface area contributed by atoms with Crippen molar-refractivity contribution in [1.82, 2.24) is 20.5 Å². The maximum absolute atomic E-state index is 13.4. The standard InChI is InChI=1S/C26H27N5O3/c1-26(2,34)14-13-18-9-10-19-11-12-20(25(33)31(3)21(19)15-18)27-24(32)23-28-22(29-30-23)16-17-7-5-4-6-8-17/h4-10,15,20,34H,11-12,16H2,1-3H3,(H,27,32)(H,28,29,30)/t20-/m1/s1/i3D3. The van der Waals surface area contributed by atoms with Gasteiger partial charge in [0.05, 0.1) is 0 Å². The number of hydrogen-bond donors (Lipinski definition) is 3. The minimum Gasteiger partial charge on any atom is -0.378 e. The molecule has 0 radical (unpaired) electrons. The average Bonchev–Trinajstić information content (AvgIpc) is 3.23. The van der Waals surface area contributed by atoms with Gasteiger partial charge >= 0.3 is 0 Å². The smallest absolute Gasteiger partial charge is 0.291 e. The fourth-order valence-electron chi connectivity index (χ4n) is 3.61. The lowest BCUT2D eigenvalue weighted by molar-refractivity contribution is -0.120. The van der Waals surface area contributed by atoms with Crippen LogP contribution in [0, 0.1) is 11.8 Å². The SMILES string of the molecule is [2H]C([2H])([2H])N1C(=O)[C@H](NC(=O)c2n[nH]c(Cc3ccccc3)n2)CCc2ccc(C#CC(C)(C)O)cc21. The normalized spacial score (nSPS) is 17.4. The lowest BCUT2D eigenvalue weighted by Gasteiger charge is -2.22. The van der Waals surface area contributed by atoms with Gasteiger partial charge in [-0.1, -0.05) is 48.2 Å². The van der Waals surface area contributed by atoms with E-state index in [1.807, 2.05) is 30.3 Å². The Hall–Kier alpha value is -3.96. The van der Waals surface area contributed by atoms with Crippen LogP contribution in [0.2, 0.25) is 0 Å². The minimum atomic E-state index is -2.80. The summed E-state index contributed by atoms with van der Waals surface area (Å²) in [5.41, 5.74) is 1.05. The zero-order valence-electron chi connectivity index (χ0n) is 21.9. The monoisotopic (exact) mass is 460 g/mol. The molecule has 0 saturated carbocycles. The second kappa shape index (κ2) is 9.49. The quantitative estimate of drug-likeness (QED) is 0.517. The largest absolute Gasteiger partial charge is 0.378 e. The van der Waals surface area contributed by atoms with Crippen LogP contribution in [0.15, 0.2) is 48.5 Å². The number of benzene rings is 2. The number of nitrogens with one attached hydrogen (secondary N) is 2. The second-order valence-electron chi connectivity index (χ2n) is 8.66. The van der Waals surface area contributed by atoms with E-state index >= 15 is 0 Å². The van der Waals surface area contributed by atoms with E-state index in [4.69, 9.17) is 4.11 Å². The molecule has 1 atom stereocenters. The van der Waals surface area contributed by atoms with E-state index in [0.29, 0.717) is 29.8 Å². The summed E-state index contributed by atoms with van der Waals surface area (Å²) >= 11 is 0. The number of fused-ring (bicyclic) bond motifs is 1. The first-order valence-electron chi connectivity index (χ1n) is 12.4. The maximum Gasteiger partial charge on any atom is 0.291 e. The van der Waals surface area contributed by atoms with Gasteiger partial charge in [0.25, 0.3) is 5.91 Å². The van der Waals surface area contributed by atoms with Crippen LogP contribution in [-0.2, 0) is 17.6 Å². The number of H-pyrrole nitrogens is 1. The van der Waals surface area contributed by atoms with E-state index in [9.17, 15) is 14.7 Å². The van der Waals surface area contributed by atoms with Gasteiger partial charge in [0.15, 0.2) is 0 Å². The summed E-state index contributed by atoms with van der Waals surface area (Å²) < 4.78 is 24.1. The number of aromatic amines is 1. The number of carbonyl (C=O) groups excluding carboxylic acids is 2. The molecule has 0 aliphatic carbocycles. The molecule has 0 saturated heterocycles. The fraction of sp³-hybridized carbons (Fsp3) is 0.308. The van der Waals surface area contributed by atoms with Gasteiger partial charge in [-0.25, -0.2) is 4.98 Å². The highest BCUT2D eigenvalue weighted by molar-refractivity contribution is 6.02. The van der Waals surface area contributed by atoms with E-state index in [1.165, 1.54) is 19.9 Å². The lowest BCUT2D eigenvalue weighted by Crippen LogP contribution is -2.47. The predicted octanol–water partition coefficient (Wildman–Crippen LogP) is 2.23. The fourth-order valence-corrected chi connectivity index (χ4v) is 3.61. The zero-order valence-corrected chi connectivity index (χ0v) is 18.9. The van der Waals surface area contributed by atoms with Gasteiger partial charge in [-0.3, -0.25) is 14.7 Å². The Kier molecular flexibility index (Phi) is 5.45. The number of amides is 2. The van der Waals surface area contributed by atoms with Crippen molar-refractivity contribution in [3.8, 4) is 11.8 Å². The van der Waals surface area contributed by atoms with Crippen LogP contribution in [0.1, 0.15) is 57.5 Å². The van der Waals surface area contributed by atoms with Gasteiger partial charge in [-0.2, -0.15) is 0 Å². The third-order valence-electron chi connectivity index (χ3n) is 5.31. The summed E-state index contributed by atoms with van der Waals surface area (Å²) in [5.74, 6) is 4.41. The first-order chi connectivity index (χ1) is 17.4. The van der Waals surface area contributed by atoms with Crippen LogP contribution < -0.4 is 10.2 Å². The molecular weight excluding hydrogens is 430 g/mol. The zero-order chi connectivity index (χ0) is 26.8. The molecule has 0 unspecified atom stereocenters. The van der Waals surface area contributed by atoms with Crippen LogP contribution in [0.25, 0.3) is 0 Å². The van der Waals surface area contributed by atoms with E-state index in [0.717, 1.165) is 10.5 Å². The Labute approximate surface area is 202 Å². The van der Waals surface area contributed by atoms with Crippen molar-refractivity contribution < 1.29 is 18.8 Å². The molecule has 34 heavy (non-hydrogen) atoms. The number of aliphatic hydroxyl groups is 1. The number of anilines is 1. The van der Waals surface area contributed by atoms with E-state index in [-0.39, 0.29) is 17.9 Å². The molecule has 0 fully saturated rings. The first-order valence-corrected chi connectivity index (χ1v) is 10.9. The third kappa shape index (κ3) is 5.50. The molecule has 0 spiro atoms. The molecule has 2 aromatic carbocycles. The predicted molar refractivity (Wildman–Crippen MR) is 128 cm³/mol. The first kappa shape index (κ1) is 19.5. The molecular formula is C26H27N5O3. The highest BCUT2D eigenvalue weighted by Gasteiger charge is 2.30. The van der Waals surface area contributed by atoms with Crippen LogP contribution in [0.5, 0.6) is 0 Å². The molecule has 0 bridgehead atoms. The summed E-state index contributed by atoms with van der Waals surface area (Å²) in [6, 6.07) is 13.4. The van der Waals surface area contributed by atoms with Crippen molar-refractivity contribution >= 4 is 17.5 Å². The number of hydrogen-bond acceptors (Lipinski definition) is 5. The Morgan fingerprint density at radius 3 is 2.85 bits per heavy atom. The van der Waals surface area contributed by atoms with Crippen LogP contribution >= 0.6 is 0 Å². The molecule has 2 amide bonds. The topological polar surface area (TPSA) is 111 Å². The van der Waals surface area contributed by atoms with Gasteiger partial charge in [0.1, 0.15) is 17.5 Å². The Morgan fingerprint density at radius 2 is 2.12 bits per heavy atom. The number of aromatic nitrogens is 3. The average molecular weight is 461 g/mol. The van der Waals surface area contributed by atoms with Gasteiger partial charge in [-0.05, 0) is 49.9 Å². The summed E-state index contributed by atoms with van der Waals surface area (Å²) in [6.07, 6.45) is 0.996. The lowest BCUT2D eigenvalue weighted by atomic mass is 10.0. The van der Waals surface area contributed by atoms with E-state index in [2.05, 4.69) is 32.3 Å². The van der Waals surface area contributed by atoms with Crippen LogP contribution in [-0.4, -0.2) is 50.7 Å². The van der Waals surface area contributed by atoms with Crippen molar-refractivity contribution in [2.75, 3.05) is 11.9 Å². The van der Waals surface area contributed by atoms with Gasteiger partial charge in [-0.15, -0.1) is 5.10 Å². The minimum absolute atomic E-state index is 0.134. The molecule has 174 valence electrons. The third-order valence-corrected chi connectivity index (χ3v) is 5.31. The Morgan fingerprint density at radius 1 is 1.32 bits per heavy atom. The number of rotatable bonds is 4. The molecule has 3 N–H and O–H groups in total. The molecule has 1 aliphatic rings. The van der Waals surface area contributed by atoms with E-state index < -0.39 is 30.4 Å². The van der Waals surface area contributed by atoms with Crippen LogP contribution in [0.3, 0.4) is 0 Å². The van der Waals surface area contributed by atoms with Crippen molar-refractivity contribution in [2.45, 2.75) is 44.8 Å². The summed E-state index contributed by atoms with van der Waals surface area (Å²) in [5, 5.41) is 19.2.